The lowest BCUT2D eigenvalue weighted by molar-refractivity contribution is -0.145. The number of anilines is 2. The lowest BCUT2D eigenvalue weighted by Crippen LogP contribution is -2.25. The molecule has 2 aromatic rings. The Balaban J connectivity index is 0.000000717. The molecule has 206 valence electrons. The summed E-state index contributed by atoms with van der Waals surface area (Å²) in [5, 5.41) is 0. The highest BCUT2D eigenvalue weighted by molar-refractivity contribution is 7.97. The highest BCUT2D eigenvalue weighted by Crippen LogP contribution is 2.46. The van der Waals surface area contributed by atoms with Crippen LogP contribution in [-0.2, 0) is 15.7 Å². The van der Waals surface area contributed by atoms with Gasteiger partial charge in [0.05, 0.1) is 29.2 Å². The van der Waals surface area contributed by atoms with Crippen molar-refractivity contribution in [2.75, 3.05) is 38.8 Å². The van der Waals surface area contributed by atoms with Gasteiger partial charge < -0.3 is 14.4 Å². The summed E-state index contributed by atoms with van der Waals surface area (Å²) in [5.41, 5.74) is -0.0121. The first-order valence-electron chi connectivity index (χ1n) is 11.4. The van der Waals surface area contributed by atoms with E-state index in [1.807, 2.05) is 11.4 Å². The number of esters is 1. The Labute approximate surface area is 216 Å². The smallest absolute Gasteiger partial charge is 0.420 e. The number of ether oxygens (including phenoxy) is 2. The standard InChI is InChI=1S/C21H22F4N2O3S.C4H8F2/c1-13(20(28)29-3)12-30-18-11-19-17(10-16(18)21(23,24)25)27(9-8-26(2)31-19)15-6-4-14(22)5-7-15;1-3-4(2,5)6/h4-7,10-11,13H,8-9,12H2,1-3H3;3H2,1-2H3. The first-order valence-corrected chi connectivity index (χ1v) is 12.2. The van der Waals surface area contributed by atoms with Crippen LogP contribution in [0.5, 0.6) is 5.75 Å². The third kappa shape index (κ3) is 9.03. The van der Waals surface area contributed by atoms with Crippen molar-refractivity contribution in [1.29, 1.82) is 0 Å². The number of likely N-dealkylation sites (N-methyl/N-ethyl adjacent to an activating group) is 1. The highest BCUT2D eigenvalue weighted by Gasteiger charge is 2.37. The summed E-state index contributed by atoms with van der Waals surface area (Å²) in [4.78, 5) is 13.9. The van der Waals surface area contributed by atoms with Crippen molar-refractivity contribution >= 4 is 29.3 Å². The average Bonchev–Trinajstić information content (AvgIpc) is 2.99. The van der Waals surface area contributed by atoms with Crippen molar-refractivity contribution in [3.63, 3.8) is 0 Å². The summed E-state index contributed by atoms with van der Waals surface area (Å²) in [6.45, 7) is 4.61. The zero-order valence-electron chi connectivity index (χ0n) is 21.2. The number of alkyl halides is 5. The maximum absolute atomic E-state index is 13.9. The lowest BCUT2D eigenvalue weighted by Gasteiger charge is -2.26. The number of benzene rings is 2. The number of hydrogen-bond donors (Lipinski definition) is 0. The Bertz CT molecular complexity index is 1040. The zero-order chi connectivity index (χ0) is 28.0. The SMILES string of the molecule is CCC(C)(F)F.COC(=O)C(C)COc1cc2c(cc1C(F)(F)F)N(c1ccc(F)cc1)CCN(C)S2. The van der Waals surface area contributed by atoms with Crippen molar-refractivity contribution in [3.8, 4) is 5.75 Å². The van der Waals surface area contributed by atoms with Crippen molar-refractivity contribution < 1.29 is 40.6 Å². The van der Waals surface area contributed by atoms with Gasteiger partial charge in [-0.3, -0.25) is 4.79 Å². The van der Waals surface area contributed by atoms with Gasteiger partial charge in [-0.1, -0.05) is 6.92 Å². The van der Waals surface area contributed by atoms with Crippen LogP contribution in [0.3, 0.4) is 0 Å². The number of hydrogen-bond acceptors (Lipinski definition) is 6. The van der Waals surface area contributed by atoms with Crippen LogP contribution in [0.4, 0.5) is 37.7 Å². The molecule has 12 heteroatoms. The fourth-order valence-corrected chi connectivity index (χ4v) is 4.05. The van der Waals surface area contributed by atoms with Gasteiger partial charge in [0.1, 0.15) is 18.2 Å². The van der Waals surface area contributed by atoms with Crippen molar-refractivity contribution in [3.05, 3.63) is 47.8 Å². The molecule has 0 saturated heterocycles. The second-order valence-electron chi connectivity index (χ2n) is 8.54. The van der Waals surface area contributed by atoms with Gasteiger partial charge in [0.15, 0.2) is 0 Å². The van der Waals surface area contributed by atoms with Gasteiger partial charge in [-0.25, -0.2) is 17.5 Å². The van der Waals surface area contributed by atoms with Gasteiger partial charge >= 0.3 is 12.1 Å². The molecule has 0 aliphatic carbocycles. The number of nitrogens with zero attached hydrogens (tertiary/aromatic N) is 2. The Kier molecular flexibility index (Phi) is 10.6. The van der Waals surface area contributed by atoms with E-state index in [2.05, 4.69) is 4.74 Å². The van der Waals surface area contributed by atoms with E-state index in [0.717, 1.165) is 13.0 Å². The van der Waals surface area contributed by atoms with Crippen molar-refractivity contribution in [2.45, 2.75) is 44.2 Å². The van der Waals surface area contributed by atoms with Crippen LogP contribution in [-0.4, -0.2) is 50.1 Å². The molecule has 0 saturated carbocycles. The summed E-state index contributed by atoms with van der Waals surface area (Å²) in [6.07, 6.45) is -4.73. The van der Waals surface area contributed by atoms with Gasteiger partial charge in [-0.05, 0) is 69.2 Å². The van der Waals surface area contributed by atoms with E-state index in [4.69, 9.17) is 4.74 Å². The van der Waals surface area contributed by atoms with E-state index < -0.39 is 35.4 Å². The number of fused-ring (bicyclic) bond motifs is 1. The summed E-state index contributed by atoms with van der Waals surface area (Å²) < 4.78 is 89.8. The molecule has 0 N–H and O–H groups in total. The lowest BCUT2D eigenvalue weighted by atomic mass is 10.1. The van der Waals surface area contributed by atoms with E-state index in [0.29, 0.717) is 29.4 Å². The maximum Gasteiger partial charge on any atom is 0.420 e. The molecule has 0 aromatic heterocycles. The van der Waals surface area contributed by atoms with E-state index in [-0.39, 0.29) is 18.8 Å². The predicted molar refractivity (Wildman–Crippen MR) is 131 cm³/mol. The molecule has 0 spiro atoms. The minimum Gasteiger partial charge on any atom is -0.492 e. The molecule has 0 radical (unpaired) electrons. The molecule has 1 unspecified atom stereocenters. The second-order valence-corrected chi connectivity index (χ2v) is 9.79. The summed E-state index contributed by atoms with van der Waals surface area (Å²) in [5.74, 6) is -4.54. The molecule has 1 atom stereocenters. The van der Waals surface area contributed by atoms with E-state index in [1.165, 1.54) is 63.2 Å². The fraction of sp³-hybridized carbons (Fsp3) is 0.480. The van der Waals surface area contributed by atoms with Crippen LogP contribution in [0, 0.1) is 11.7 Å². The molecule has 37 heavy (non-hydrogen) atoms. The minimum absolute atomic E-state index is 0.0625. The normalized spacial score (nSPS) is 15.2. The average molecular weight is 553 g/mol. The summed E-state index contributed by atoms with van der Waals surface area (Å²) >= 11 is 1.29. The van der Waals surface area contributed by atoms with Gasteiger partial charge in [-0.15, -0.1) is 0 Å². The fourth-order valence-electron chi connectivity index (χ4n) is 3.12. The van der Waals surface area contributed by atoms with Crippen LogP contribution >= 0.6 is 11.9 Å². The van der Waals surface area contributed by atoms with Crippen molar-refractivity contribution in [1.82, 2.24) is 4.31 Å². The monoisotopic (exact) mass is 552 g/mol. The Hall–Kier alpha value is -2.60. The molecular weight excluding hydrogens is 522 g/mol. The van der Waals surface area contributed by atoms with Crippen LogP contribution in [0.2, 0.25) is 0 Å². The Morgan fingerprint density at radius 3 is 2.22 bits per heavy atom. The third-order valence-corrected chi connectivity index (χ3v) is 6.42. The summed E-state index contributed by atoms with van der Waals surface area (Å²) in [7, 11) is 3.04. The zero-order valence-corrected chi connectivity index (χ0v) is 22.0. The Morgan fingerprint density at radius 1 is 1.11 bits per heavy atom. The molecule has 3 rings (SSSR count). The van der Waals surface area contributed by atoms with E-state index >= 15 is 0 Å². The van der Waals surface area contributed by atoms with Crippen LogP contribution in [0.1, 0.15) is 32.8 Å². The first kappa shape index (κ1) is 30.6. The van der Waals surface area contributed by atoms with Gasteiger partial charge in [0.2, 0.25) is 5.92 Å². The topological polar surface area (TPSA) is 42.0 Å². The molecule has 1 aliphatic heterocycles. The van der Waals surface area contributed by atoms with Gasteiger partial charge in [0.25, 0.3) is 0 Å². The molecule has 5 nitrogen and oxygen atoms in total. The molecule has 0 fully saturated rings. The largest absolute Gasteiger partial charge is 0.492 e. The Morgan fingerprint density at radius 2 is 1.70 bits per heavy atom. The van der Waals surface area contributed by atoms with Crippen LogP contribution in [0.25, 0.3) is 0 Å². The number of methoxy groups -OCH3 is 1. The minimum atomic E-state index is -4.67. The number of carbonyl (C=O) groups excluding carboxylic acids is 1. The van der Waals surface area contributed by atoms with E-state index in [1.54, 1.807) is 4.90 Å². The molecular formula is C25H30F6N2O3S. The number of rotatable bonds is 6. The predicted octanol–water partition coefficient (Wildman–Crippen LogP) is 7.17. The molecule has 0 bridgehead atoms. The van der Waals surface area contributed by atoms with Gasteiger partial charge in [-0.2, -0.15) is 13.2 Å². The van der Waals surface area contributed by atoms with E-state index in [9.17, 15) is 31.1 Å². The molecule has 0 amide bonds. The van der Waals surface area contributed by atoms with Gasteiger partial charge in [0, 0.05) is 25.2 Å². The highest BCUT2D eigenvalue weighted by atomic mass is 32.2. The number of halogens is 6. The molecule has 1 heterocycles. The number of carbonyl (C=O) groups is 1. The molecule has 1 aliphatic rings. The molecule has 2 aromatic carbocycles. The third-order valence-electron chi connectivity index (χ3n) is 5.40. The second kappa shape index (κ2) is 12.8. The van der Waals surface area contributed by atoms with Crippen molar-refractivity contribution in [2.24, 2.45) is 5.92 Å². The van der Waals surface area contributed by atoms with Crippen LogP contribution < -0.4 is 9.64 Å². The quantitative estimate of drug-likeness (QED) is 0.215. The first-order chi connectivity index (χ1) is 17.2. The maximum atomic E-state index is 13.9. The van der Waals surface area contributed by atoms with Crippen LogP contribution in [0.15, 0.2) is 41.3 Å². The summed E-state index contributed by atoms with van der Waals surface area (Å²) in [6, 6.07) is 7.99.